The molecular formula is C12H19N3O3. The van der Waals surface area contributed by atoms with Crippen molar-refractivity contribution in [1.82, 2.24) is 15.1 Å². The Morgan fingerprint density at radius 3 is 2.50 bits per heavy atom. The normalized spacial score (nSPS) is 27.4. The molecule has 0 aromatic carbocycles. The molecule has 0 aromatic heterocycles. The lowest BCUT2D eigenvalue weighted by Crippen LogP contribution is -2.51. The maximum absolute atomic E-state index is 12.4. The number of rotatable bonds is 3. The van der Waals surface area contributed by atoms with Crippen molar-refractivity contribution in [2.24, 2.45) is 0 Å². The van der Waals surface area contributed by atoms with Gasteiger partial charge in [0.1, 0.15) is 12.1 Å². The topological polar surface area (TPSA) is 69.7 Å². The molecule has 2 rings (SSSR count). The standard InChI is InChI=1S/C12H19N3O3/c1-13-11(17)9-4-3-7-15(9)12(18)10-5-2-6-14(10)8-16/h8-10H,2-7H2,1H3,(H,13,17). The predicted molar refractivity (Wildman–Crippen MR) is 64.6 cm³/mol. The Hall–Kier alpha value is -1.59. The number of hydrogen-bond donors (Lipinski definition) is 1. The van der Waals surface area contributed by atoms with Crippen LogP contribution in [0.15, 0.2) is 0 Å². The molecular weight excluding hydrogens is 234 g/mol. The van der Waals surface area contributed by atoms with Gasteiger partial charge in [0.2, 0.25) is 18.2 Å². The summed E-state index contributed by atoms with van der Waals surface area (Å²) < 4.78 is 0. The molecule has 6 heteroatoms. The van der Waals surface area contributed by atoms with Crippen molar-refractivity contribution in [2.45, 2.75) is 37.8 Å². The van der Waals surface area contributed by atoms with Crippen LogP contribution in [-0.4, -0.2) is 60.2 Å². The number of carbonyl (C=O) groups is 3. The van der Waals surface area contributed by atoms with Crippen molar-refractivity contribution in [3.63, 3.8) is 0 Å². The minimum Gasteiger partial charge on any atom is -0.357 e. The van der Waals surface area contributed by atoms with E-state index in [2.05, 4.69) is 5.32 Å². The molecule has 2 atom stereocenters. The van der Waals surface area contributed by atoms with Gasteiger partial charge in [0.25, 0.3) is 0 Å². The van der Waals surface area contributed by atoms with E-state index >= 15 is 0 Å². The van der Waals surface area contributed by atoms with Gasteiger partial charge in [0, 0.05) is 20.1 Å². The second-order valence-corrected chi connectivity index (χ2v) is 4.81. The van der Waals surface area contributed by atoms with Crippen LogP contribution >= 0.6 is 0 Å². The SMILES string of the molecule is CNC(=O)C1CCCN1C(=O)C1CCCN1C=O. The maximum Gasteiger partial charge on any atom is 0.246 e. The molecule has 3 amide bonds. The van der Waals surface area contributed by atoms with Crippen LogP contribution in [0.5, 0.6) is 0 Å². The highest BCUT2D eigenvalue weighted by atomic mass is 16.2. The van der Waals surface area contributed by atoms with Crippen LogP contribution in [0.4, 0.5) is 0 Å². The fraction of sp³-hybridized carbons (Fsp3) is 0.750. The van der Waals surface area contributed by atoms with Gasteiger partial charge in [-0.25, -0.2) is 0 Å². The van der Waals surface area contributed by atoms with E-state index < -0.39 is 0 Å². The highest BCUT2D eigenvalue weighted by Crippen LogP contribution is 2.23. The number of nitrogens with zero attached hydrogens (tertiary/aromatic N) is 2. The third kappa shape index (κ3) is 2.19. The number of nitrogens with one attached hydrogen (secondary N) is 1. The predicted octanol–water partition coefficient (Wildman–Crippen LogP) is -0.656. The van der Waals surface area contributed by atoms with Crippen LogP contribution in [0.2, 0.25) is 0 Å². The van der Waals surface area contributed by atoms with Gasteiger partial charge in [0.05, 0.1) is 0 Å². The van der Waals surface area contributed by atoms with Crippen molar-refractivity contribution >= 4 is 18.2 Å². The Balaban J connectivity index is 2.08. The Bertz CT molecular complexity index is 358. The quantitative estimate of drug-likeness (QED) is 0.679. The van der Waals surface area contributed by atoms with Gasteiger partial charge in [-0.05, 0) is 25.7 Å². The first-order valence-corrected chi connectivity index (χ1v) is 6.42. The van der Waals surface area contributed by atoms with Crippen molar-refractivity contribution in [2.75, 3.05) is 20.1 Å². The van der Waals surface area contributed by atoms with Crippen molar-refractivity contribution < 1.29 is 14.4 Å². The highest BCUT2D eigenvalue weighted by Gasteiger charge is 2.39. The summed E-state index contributed by atoms with van der Waals surface area (Å²) in [5, 5.41) is 2.59. The van der Waals surface area contributed by atoms with Gasteiger partial charge in [0.15, 0.2) is 0 Å². The Morgan fingerprint density at radius 2 is 1.83 bits per heavy atom. The molecule has 6 nitrogen and oxygen atoms in total. The molecule has 0 aliphatic carbocycles. The zero-order valence-corrected chi connectivity index (χ0v) is 10.6. The van der Waals surface area contributed by atoms with Gasteiger partial charge in [-0.1, -0.05) is 0 Å². The minimum absolute atomic E-state index is 0.0781. The summed E-state index contributed by atoms with van der Waals surface area (Å²) >= 11 is 0. The van der Waals surface area contributed by atoms with Gasteiger partial charge < -0.3 is 15.1 Å². The van der Waals surface area contributed by atoms with Crippen molar-refractivity contribution in [1.29, 1.82) is 0 Å². The second-order valence-electron chi connectivity index (χ2n) is 4.81. The summed E-state index contributed by atoms with van der Waals surface area (Å²) in [5.74, 6) is -0.192. The lowest BCUT2D eigenvalue weighted by molar-refractivity contribution is -0.143. The van der Waals surface area contributed by atoms with Gasteiger partial charge in [-0.3, -0.25) is 14.4 Å². The zero-order valence-electron chi connectivity index (χ0n) is 10.6. The summed E-state index contributed by atoms with van der Waals surface area (Å²) in [6, 6.07) is -0.732. The van der Waals surface area contributed by atoms with Gasteiger partial charge in [-0.2, -0.15) is 0 Å². The smallest absolute Gasteiger partial charge is 0.246 e. The third-order valence-electron chi connectivity index (χ3n) is 3.80. The van der Waals surface area contributed by atoms with E-state index in [-0.39, 0.29) is 23.9 Å². The summed E-state index contributed by atoms with van der Waals surface area (Å²) in [5.41, 5.74) is 0. The van der Waals surface area contributed by atoms with E-state index in [1.54, 1.807) is 16.8 Å². The maximum atomic E-state index is 12.4. The minimum atomic E-state index is -0.368. The summed E-state index contributed by atoms with van der Waals surface area (Å²) in [4.78, 5) is 38.2. The largest absolute Gasteiger partial charge is 0.357 e. The van der Waals surface area contributed by atoms with Crippen LogP contribution in [0.3, 0.4) is 0 Å². The molecule has 2 saturated heterocycles. The van der Waals surface area contributed by atoms with Crippen molar-refractivity contribution in [3.05, 3.63) is 0 Å². The number of carbonyl (C=O) groups excluding carboxylic acids is 3. The first-order chi connectivity index (χ1) is 8.69. The Kier molecular flexibility index (Phi) is 3.84. The molecule has 0 saturated carbocycles. The molecule has 18 heavy (non-hydrogen) atoms. The summed E-state index contributed by atoms with van der Waals surface area (Å²) in [6.45, 7) is 1.25. The van der Waals surface area contributed by atoms with Crippen LogP contribution in [0.1, 0.15) is 25.7 Å². The van der Waals surface area contributed by atoms with E-state index in [1.807, 2.05) is 0 Å². The molecule has 0 radical (unpaired) electrons. The van der Waals surface area contributed by atoms with Crippen LogP contribution in [0, 0.1) is 0 Å². The van der Waals surface area contributed by atoms with E-state index in [0.717, 1.165) is 19.3 Å². The monoisotopic (exact) mass is 253 g/mol. The average molecular weight is 253 g/mol. The van der Waals surface area contributed by atoms with Crippen LogP contribution < -0.4 is 5.32 Å². The molecule has 2 aliphatic heterocycles. The first-order valence-electron chi connectivity index (χ1n) is 6.42. The Labute approximate surface area is 106 Å². The van der Waals surface area contributed by atoms with E-state index in [9.17, 15) is 14.4 Å². The molecule has 0 spiro atoms. The number of amides is 3. The molecule has 100 valence electrons. The highest BCUT2D eigenvalue weighted by molar-refractivity contribution is 5.91. The van der Waals surface area contributed by atoms with Crippen LogP contribution in [0.25, 0.3) is 0 Å². The second kappa shape index (κ2) is 5.37. The summed E-state index contributed by atoms with van der Waals surface area (Å²) in [6.07, 6.45) is 3.85. The van der Waals surface area contributed by atoms with E-state index in [0.29, 0.717) is 25.9 Å². The number of likely N-dealkylation sites (tertiary alicyclic amines) is 2. The third-order valence-corrected chi connectivity index (χ3v) is 3.80. The first kappa shape index (κ1) is 12.9. The number of likely N-dealkylation sites (N-methyl/N-ethyl adjacent to an activating group) is 1. The molecule has 2 heterocycles. The molecule has 0 aromatic rings. The molecule has 2 fully saturated rings. The molecule has 0 bridgehead atoms. The average Bonchev–Trinajstić information content (AvgIpc) is 3.04. The Morgan fingerprint density at radius 1 is 1.17 bits per heavy atom. The lowest BCUT2D eigenvalue weighted by Gasteiger charge is -2.28. The zero-order chi connectivity index (χ0) is 13.1. The number of hydrogen-bond acceptors (Lipinski definition) is 3. The molecule has 1 N–H and O–H groups in total. The van der Waals surface area contributed by atoms with Crippen LogP contribution in [-0.2, 0) is 14.4 Å². The molecule has 2 unspecified atom stereocenters. The lowest BCUT2D eigenvalue weighted by atomic mass is 10.1. The fourth-order valence-electron chi connectivity index (χ4n) is 2.84. The van der Waals surface area contributed by atoms with E-state index in [1.165, 1.54) is 0 Å². The van der Waals surface area contributed by atoms with E-state index in [4.69, 9.17) is 0 Å². The van der Waals surface area contributed by atoms with Crippen molar-refractivity contribution in [3.8, 4) is 0 Å². The fourth-order valence-corrected chi connectivity index (χ4v) is 2.84. The summed E-state index contributed by atoms with van der Waals surface area (Å²) in [7, 11) is 1.58. The van der Waals surface area contributed by atoms with Gasteiger partial charge >= 0.3 is 0 Å². The molecule has 2 aliphatic rings. The van der Waals surface area contributed by atoms with Gasteiger partial charge in [-0.15, -0.1) is 0 Å².